The van der Waals surface area contributed by atoms with Gasteiger partial charge in [-0.3, -0.25) is 9.80 Å². The third kappa shape index (κ3) is 9.37. The van der Waals surface area contributed by atoms with Crippen LogP contribution in [0.15, 0.2) is 146 Å². The maximum atomic E-state index is 6.65. The molecule has 2 heterocycles. The van der Waals surface area contributed by atoms with Gasteiger partial charge in [-0.1, -0.05) is 158 Å². The van der Waals surface area contributed by atoms with Crippen LogP contribution in [0.25, 0.3) is 43.1 Å². The van der Waals surface area contributed by atoms with Crippen LogP contribution in [0.1, 0.15) is 116 Å². The second-order valence-electron chi connectivity index (χ2n) is 22.0. The van der Waals surface area contributed by atoms with Crippen LogP contribution in [0.3, 0.4) is 0 Å². The normalized spacial score (nSPS) is 18.0. The van der Waals surface area contributed by atoms with Crippen molar-refractivity contribution in [3.8, 4) is 0 Å². The second kappa shape index (κ2) is 18.9. The van der Waals surface area contributed by atoms with Gasteiger partial charge in [-0.15, -0.1) is 0 Å². The highest BCUT2D eigenvalue weighted by Crippen LogP contribution is 2.40. The van der Waals surface area contributed by atoms with Gasteiger partial charge >= 0.3 is 14.2 Å². The fourth-order valence-electron chi connectivity index (χ4n) is 10.8. The van der Waals surface area contributed by atoms with Crippen molar-refractivity contribution in [1.29, 1.82) is 0 Å². The highest BCUT2D eigenvalue weighted by atomic mass is 16.7. The van der Waals surface area contributed by atoms with Gasteiger partial charge in [0, 0.05) is 25.7 Å². The molecule has 0 radical (unpaired) electrons. The third-order valence-corrected chi connectivity index (χ3v) is 16.4. The molecular formula is C61H70B2N2O4. The van der Waals surface area contributed by atoms with Gasteiger partial charge in [0.1, 0.15) is 0 Å². The molecular weight excluding hydrogens is 846 g/mol. The summed E-state index contributed by atoms with van der Waals surface area (Å²) in [5, 5.41) is 10.6. The van der Waals surface area contributed by atoms with Crippen molar-refractivity contribution in [1.82, 2.24) is 9.80 Å². The van der Waals surface area contributed by atoms with Crippen molar-refractivity contribution < 1.29 is 18.6 Å². The van der Waals surface area contributed by atoms with E-state index in [0.717, 1.165) is 69.3 Å². The highest BCUT2D eigenvalue weighted by molar-refractivity contribution is 6.63. The van der Waals surface area contributed by atoms with E-state index in [1.165, 1.54) is 65.3 Å². The molecule has 2 aliphatic rings. The molecule has 0 N–H and O–H groups in total. The van der Waals surface area contributed by atoms with Crippen LogP contribution < -0.4 is 10.9 Å². The third-order valence-electron chi connectivity index (χ3n) is 16.4. The summed E-state index contributed by atoms with van der Waals surface area (Å²) in [5.74, 6) is 0. The number of benzene rings is 8. The van der Waals surface area contributed by atoms with Gasteiger partial charge in [0.05, 0.1) is 22.4 Å². The smallest absolute Gasteiger partial charge is 0.399 e. The Balaban J connectivity index is 0.885. The zero-order valence-corrected chi connectivity index (χ0v) is 42.5. The van der Waals surface area contributed by atoms with E-state index in [1.807, 2.05) is 0 Å². The molecule has 8 heteroatoms. The van der Waals surface area contributed by atoms with E-state index in [4.69, 9.17) is 18.6 Å². The summed E-state index contributed by atoms with van der Waals surface area (Å²) in [4.78, 5) is 5.34. The molecule has 2 fully saturated rings. The summed E-state index contributed by atoms with van der Waals surface area (Å²) in [6.45, 7) is 23.9. The van der Waals surface area contributed by atoms with E-state index < -0.39 is 36.6 Å². The molecule has 8 aromatic rings. The number of hydrogen-bond donors (Lipinski definition) is 0. The Morgan fingerprint density at radius 3 is 1.51 bits per heavy atom. The number of rotatable bonds is 17. The Bertz CT molecular complexity index is 3040. The first-order valence-corrected chi connectivity index (χ1v) is 25.6. The van der Waals surface area contributed by atoms with Gasteiger partial charge in [-0.25, -0.2) is 0 Å². The van der Waals surface area contributed by atoms with Crippen LogP contribution in [-0.4, -0.2) is 59.5 Å². The molecule has 6 nitrogen and oxygen atoms in total. The van der Waals surface area contributed by atoms with Gasteiger partial charge in [-0.05, 0) is 165 Å². The van der Waals surface area contributed by atoms with E-state index in [1.54, 1.807) is 0 Å². The Labute approximate surface area is 411 Å². The Morgan fingerprint density at radius 2 is 0.870 bits per heavy atom. The molecule has 0 aromatic heterocycles. The average Bonchev–Trinajstić information content (AvgIpc) is 3.70. The lowest BCUT2D eigenvalue weighted by Crippen LogP contribution is -2.41. The minimum Gasteiger partial charge on any atom is -0.399 e. The molecule has 2 saturated heterocycles. The van der Waals surface area contributed by atoms with Gasteiger partial charge < -0.3 is 18.6 Å². The first-order chi connectivity index (χ1) is 33.1. The topological polar surface area (TPSA) is 43.4 Å². The highest BCUT2D eigenvalue weighted by Gasteiger charge is 2.53. The summed E-state index contributed by atoms with van der Waals surface area (Å²) in [5.41, 5.74) is 5.85. The first-order valence-electron chi connectivity index (χ1n) is 25.6. The van der Waals surface area contributed by atoms with Crippen LogP contribution in [0.2, 0.25) is 0 Å². The minimum atomic E-state index is -0.412. The van der Waals surface area contributed by atoms with Crippen LogP contribution in [0.4, 0.5) is 0 Å². The van der Waals surface area contributed by atoms with Gasteiger partial charge in [0.15, 0.2) is 0 Å². The van der Waals surface area contributed by atoms with Gasteiger partial charge in [-0.2, -0.15) is 0 Å². The number of nitrogens with zero attached hydrogens (tertiary/aromatic N) is 2. The molecule has 0 aliphatic carbocycles. The van der Waals surface area contributed by atoms with Gasteiger partial charge in [0.2, 0.25) is 0 Å². The summed E-state index contributed by atoms with van der Waals surface area (Å²) < 4.78 is 26.6. The van der Waals surface area contributed by atoms with Crippen LogP contribution >= 0.6 is 0 Å². The molecule has 10 rings (SSSR count). The summed E-state index contributed by atoms with van der Waals surface area (Å²) in [7, 11) is -0.820. The molecule has 2 aliphatic heterocycles. The van der Waals surface area contributed by atoms with Crippen molar-refractivity contribution in [2.75, 3.05) is 13.1 Å². The Morgan fingerprint density at radius 1 is 0.406 bits per heavy atom. The zero-order chi connectivity index (χ0) is 48.1. The first kappa shape index (κ1) is 47.6. The van der Waals surface area contributed by atoms with E-state index in [0.29, 0.717) is 0 Å². The predicted molar refractivity (Wildman–Crippen MR) is 290 cm³/mol. The van der Waals surface area contributed by atoms with Crippen molar-refractivity contribution in [2.45, 2.75) is 136 Å². The Hall–Kier alpha value is -5.05. The SMILES string of the molecule is C[C@@H](c1cccc2ccccc12)N(CCCCCCN(Cc1ccccc1B1OC(C)(C)C(C)(C)O1)Cc1ccc2ccc3cccc4ccc1c2c34)Cc1ccccc1B1OC(C)(C)C(C)(C)O1. The fourth-order valence-corrected chi connectivity index (χ4v) is 10.8. The van der Waals surface area contributed by atoms with E-state index in [-0.39, 0.29) is 6.04 Å². The maximum absolute atomic E-state index is 6.65. The standard InChI is InChI=1S/C61H70B2N2O4/c1-43(51-29-21-25-44-22-12-15-28-52(44)51)65(42-50-24-14-17-31-55(50)63-68-60(6,7)61(8,9)69-63)39-19-11-10-18-38-64(41-49-23-13-16-30-54(49)62-66-58(2,3)59(4,5)67-62)40-48-35-34-47-33-32-45-26-20-27-46-36-37-53(48)57(47)56(45)46/h12-17,20-37,43H,10-11,18-19,38-42H2,1-9H3/t43-/m0/s1. The van der Waals surface area contributed by atoms with Crippen LogP contribution in [-0.2, 0) is 38.3 Å². The van der Waals surface area contributed by atoms with Crippen molar-refractivity contribution in [3.05, 3.63) is 168 Å². The quantitative estimate of drug-likeness (QED) is 0.0515. The van der Waals surface area contributed by atoms with Crippen LogP contribution in [0, 0.1) is 0 Å². The van der Waals surface area contributed by atoms with Gasteiger partial charge in [0.25, 0.3) is 0 Å². The molecule has 69 heavy (non-hydrogen) atoms. The average molecular weight is 917 g/mol. The molecule has 0 unspecified atom stereocenters. The number of hydrogen-bond acceptors (Lipinski definition) is 6. The molecule has 0 bridgehead atoms. The fraction of sp³-hybridized carbons (Fsp3) is 0.377. The molecule has 0 spiro atoms. The van der Waals surface area contributed by atoms with Crippen LogP contribution in [0.5, 0.6) is 0 Å². The van der Waals surface area contributed by atoms with Crippen molar-refractivity contribution in [3.63, 3.8) is 0 Å². The summed E-state index contributed by atoms with van der Waals surface area (Å²) >= 11 is 0. The molecule has 0 saturated carbocycles. The lowest BCUT2D eigenvalue weighted by atomic mass is 9.75. The van der Waals surface area contributed by atoms with Crippen molar-refractivity contribution in [2.24, 2.45) is 0 Å². The lowest BCUT2D eigenvalue weighted by Gasteiger charge is -2.32. The molecule has 354 valence electrons. The predicted octanol–water partition coefficient (Wildman–Crippen LogP) is 13.2. The number of unbranched alkanes of at least 4 members (excludes halogenated alkanes) is 3. The monoisotopic (exact) mass is 917 g/mol. The molecule has 1 atom stereocenters. The van der Waals surface area contributed by atoms with E-state index >= 15 is 0 Å². The lowest BCUT2D eigenvalue weighted by molar-refractivity contribution is 0.00578. The zero-order valence-electron chi connectivity index (χ0n) is 42.5. The summed E-state index contributed by atoms with van der Waals surface area (Å²) in [6, 6.07) is 53.9. The molecule has 8 aromatic carbocycles. The number of fused-ring (bicyclic) bond motifs is 1. The van der Waals surface area contributed by atoms with Crippen molar-refractivity contribution >= 4 is 68.3 Å². The van der Waals surface area contributed by atoms with E-state index in [9.17, 15) is 0 Å². The molecule has 0 amide bonds. The maximum Gasteiger partial charge on any atom is 0.495 e. The van der Waals surface area contributed by atoms with E-state index in [2.05, 4.69) is 218 Å². The second-order valence-corrected chi connectivity index (χ2v) is 22.0. The minimum absolute atomic E-state index is 0.201. The Kier molecular flexibility index (Phi) is 13.1. The largest absolute Gasteiger partial charge is 0.495 e. The summed E-state index contributed by atoms with van der Waals surface area (Å²) in [6.07, 6.45) is 4.51.